The van der Waals surface area contributed by atoms with Crippen molar-refractivity contribution in [2.24, 2.45) is 0 Å². The maximum Gasteiger partial charge on any atom is 0.314 e. The Hall–Kier alpha value is -1.50. The average Bonchev–Trinajstić information content (AvgIpc) is 2.43. The van der Waals surface area contributed by atoms with Crippen LogP contribution in [0.15, 0.2) is 18.2 Å². The molecule has 130 valence electrons. The molecule has 0 bridgehead atoms. The SMILES string of the molecule is CC(CNC(=O)NCCS(=O)C(C)(C)C)c1ccc(F)cc1F. The van der Waals surface area contributed by atoms with Gasteiger partial charge in [0.1, 0.15) is 11.6 Å². The summed E-state index contributed by atoms with van der Waals surface area (Å²) < 4.78 is 38.0. The first kappa shape index (κ1) is 19.5. The molecule has 0 aliphatic rings. The molecule has 4 nitrogen and oxygen atoms in total. The number of hydrogen-bond acceptors (Lipinski definition) is 2. The molecule has 1 aromatic rings. The van der Waals surface area contributed by atoms with Crippen LogP contribution in [0, 0.1) is 11.6 Å². The number of carbonyl (C=O) groups excluding carboxylic acids is 1. The summed E-state index contributed by atoms with van der Waals surface area (Å²) in [6.07, 6.45) is 0. The van der Waals surface area contributed by atoms with E-state index in [9.17, 15) is 17.8 Å². The smallest absolute Gasteiger partial charge is 0.314 e. The van der Waals surface area contributed by atoms with Crippen molar-refractivity contribution in [3.63, 3.8) is 0 Å². The highest BCUT2D eigenvalue weighted by molar-refractivity contribution is 7.86. The largest absolute Gasteiger partial charge is 0.338 e. The van der Waals surface area contributed by atoms with E-state index in [2.05, 4.69) is 10.6 Å². The number of amides is 2. The van der Waals surface area contributed by atoms with E-state index in [4.69, 9.17) is 0 Å². The molecule has 0 aliphatic heterocycles. The highest BCUT2D eigenvalue weighted by Crippen LogP contribution is 2.19. The zero-order valence-corrected chi connectivity index (χ0v) is 14.7. The lowest BCUT2D eigenvalue weighted by Crippen LogP contribution is -2.40. The number of hydrogen-bond donors (Lipinski definition) is 2. The Balaban J connectivity index is 2.37. The molecule has 2 amide bonds. The van der Waals surface area contributed by atoms with Crippen molar-refractivity contribution in [3.05, 3.63) is 35.4 Å². The maximum atomic E-state index is 13.6. The molecule has 0 fully saturated rings. The zero-order valence-electron chi connectivity index (χ0n) is 13.9. The molecule has 2 N–H and O–H groups in total. The summed E-state index contributed by atoms with van der Waals surface area (Å²) in [5.41, 5.74) is 0.348. The van der Waals surface area contributed by atoms with Crippen LogP contribution in [0.1, 0.15) is 39.2 Å². The monoisotopic (exact) mass is 346 g/mol. The molecule has 23 heavy (non-hydrogen) atoms. The fraction of sp³-hybridized carbons (Fsp3) is 0.562. The summed E-state index contributed by atoms with van der Waals surface area (Å²) in [6, 6.07) is 3.00. The van der Waals surface area contributed by atoms with Gasteiger partial charge in [-0.1, -0.05) is 13.0 Å². The number of carbonyl (C=O) groups is 1. The van der Waals surface area contributed by atoms with Gasteiger partial charge in [-0.2, -0.15) is 0 Å². The maximum absolute atomic E-state index is 13.6. The van der Waals surface area contributed by atoms with Crippen molar-refractivity contribution in [1.29, 1.82) is 0 Å². The van der Waals surface area contributed by atoms with Gasteiger partial charge in [0, 0.05) is 46.4 Å². The van der Waals surface area contributed by atoms with Gasteiger partial charge in [0.25, 0.3) is 0 Å². The van der Waals surface area contributed by atoms with Gasteiger partial charge in [-0.15, -0.1) is 0 Å². The van der Waals surface area contributed by atoms with Crippen LogP contribution in [0.25, 0.3) is 0 Å². The van der Waals surface area contributed by atoms with Crippen LogP contribution >= 0.6 is 0 Å². The predicted molar refractivity (Wildman–Crippen MR) is 88.9 cm³/mol. The molecule has 0 radical (unpaired) electrons. The number of nitrogens with one attached hydrogen (secondary N) is 2. The number of rotatable bonds is 6. The van der Waals surface area contributed by atoms with E-state index in [-0.39, 0.29) is 17.2 Å². The van der Waals surface area contributed by atoms with E-state index >= 15 is 0 Å². The summed E-state index contributed by atoms with van der Waals surface area (Å²) in [4.78, 5) is 11.7. The van der Waals surface area contributed by atoms with Gasteiger partial charge in [-0.25, -0.2) is 13.6 Å². The molecule has 1 aromatic carbocycles. The van der Waals surface area contributed by atoms with Gasteiger partial charge in [-0.05, 0) is 32.4 Å². The molecule has 2 atom stereocenters. The Morgan fingerprint density at radius 2 is 1.91 bits per heavy atom. The molecule has 0 aromatic heterocycles. The second-order valence-electron chi connectivity index (χ2n) is 6.37. The van der Waals surface area contributed by atoms with Crippen LogP contribution in [-0.2, 0) is 10.8 Å². The quantitative estimate of drug-likeness (QED) is 0.832. The Morgan fingerprint density at radius 1 is 1.26 bits per heavy atom. The second-order valence-corrected chi connectivity index (χ2v) is 8.69. The fourth-order valence-electron chi connectivity index (χ4n) is 1.88. The third-order valence-corrected chi connectivity index (χ3v) is 5.26. The van der Waals surface area contributed by atoms with Gasteiger partial charge in [-0.3, -0.25) is 4.21 Å². The van der Waals surface area contributed by atoms with Crippen molar-refractivity contribution < 1.29 is 17.8 Å². The van der Waals surface area contributed by atoms with Crippen LogP contribution in [0.4, 0.5) is 13.6 Å². The molecular formula is C16H24F2N2O2S. The van der Waals surface area contributed by atoms with E-state index in [1.165, 1.54) is 12.1 Å². The van der Waals surface area contributed by atoms with E-state index in [0.29, 0.717) is 17.9 Å². The van der Waals surface area contributed by atoms with Crippen molar-refractivity contribution in [2.75, 3.05) is 18.8 Å². The minimum Gasteiger partial charge on any atom is -0.338 e. The van der Waals surface area contributed by atoms with Gasteiger partial charge in [0.15, 0.2) is 0 Å². The molecule has 2 unspecified atom stereocenters. The lowest BCUT2D eigenvalue weighted by Gasteiger charge is -2.18. The molecular weight excluding hydrogens is 322 g/mol. The summed E-state index contributed by atoms with van der Waals surface area (Å²) in [5, 5.41) is 5.25. The third-order valence-electron chi connectivity index (χ3n) is 3.32. The third kappa shape index (κ3) is 6.64. The van der Waals surface area contributed by atoms with E-state index < -0.39 is 28.5 Å². The van der Waals surface area contributed by atoms with Crippen molar-refractivity contribution >= 4 is 16.8 Å². The lowest BCUT2D eigenvalue weighted by atomic mass is 10.0. The number of benzene rings is 1. The lowest BCUT2D eigenvalue weighted by molar-refractivity contribution is 0.241. The normalized spacial score (nSPS) is 14.2. The van der Waals surface area contributed by atoms with Crippen LogP contribution in [0.2, 0.25) is 0 Å². The van der Waals surface area contributed by atoms with Gasteiger partial charge >= 0.3 is 6.03 Å². The Labute approximate surface area is 138 Å². The second kappa shape index (κ2) is 8.38. The zero-order chi connectivity index (χ0) is 17.6. The van der Waals surface area contributed by atoms with Crippen LogP contribution in [0.5, 0.6) is 0 Å². The highest BCUT2D eigenvalue weighted by Gasteiger charge is 2.19. The minimum atomic E-state index is -1.03. The van der Waals surface area contributed by atoms with E-state index in [1.54, 1.807) is 6.92 Å². The Bertz CT molecular complexity index is 574. The summed E-state index contributed by atoms with van der Waals surface area (Å²) >= 11 is 0. The predicted octanol–water partition coefficient (Wildman–Crippen LogP) is 2.91. The average molecular weight is 346 g/mol. The molecule has 7 heteroatoms. The fourth-order valence-corrected chi connectivity index (χ4v) is 2.78. The first-order valence-corrected chi connectivity index (χ1v) is 8.78. The van der Waals surface area contributed by atoms with Crippen LogP contribution in [0.3, 0.4) is 0 Å². The first-order valence-electron chi connectivity index (χ1n) is 7.46. The Morgan fingerprint density at radius 3 is 2.48 bits per heavy atom. The Kier molecular flexibility index (Phi) is 7.12. The van der Waals surface area contributed by atoms with Gasteiger partial charge < -0.3 is 10.6 Å². The summed E-state index contributed by atoms with van der Waals surface area (Å²) in [5.74, 6) is -1.17. The number of urea groups is 1. The topological polar surface area (TPSA) is 58.2 Å². The number of halogens is 2. The van der Waals surface area contributed by atoms with Crippen LogP contribution in [-0.4, -0.2) is 33.8 Å². The standard InChI is InChI=1S/C16H24F2N2O2S/c1-11(13-6-5-12(17)9-14(13)18)10-20-15(21)19-7-8-23(22)16(2,3)4/h5-6,9,11H,7-8,10H2,1-4H3,(H2,19,20,21). The first-order chi connectivity index (χ1) is 10.6. The highest BCUT2D eigenvalue weighted by atomic mass is 32.2. The summed E-state index contributed by atoms with van der Waals surface area (Å²) in [6.45, 7) is 7.89. The minimum absolute atomic E-state index is 0.219. The van der Waals surface area contributed by atoms with Gasteiger partial charge in [0.2, 0.25) is 0 Å². The molecule has 0 saturated carbocycles. The molecule has 0 spiro atoms. The van der Waals surface area contributed by atoms with E-state index in [0.717, 1.165) is 6.07 Å². The van der Waals surface area contributed by atoms with Gasteiger partial charge in [0.05, 0.1) is 0 Å². The van der Waals surface area contributed by atoms with Crippen molar-refractivity contribution in [1.82, 2.24) is 10.6 Å². The molecule has 0 saturated heterocycles. The molecule has 1 rings (SSSR count). The summed E-state index contributed by atoms with van der Waals surface area (Å²) in [7, 11) is -1.03. The van der Waals surface area contributed by atoms with Crippen LogP contribution < -0.4 is 10.6 Å². The van der Waals surface area contributed by atoms with Crippen molar-refractivity contribution in [3.8, 4) is 0 Å². The molecule has 0 aliphatic carbocycles. The van der Waals surface area contributed by atoms with E-state index in [1.807, 2.05) is 20.8 Å². The molecule has 0 heterocycles. The van der Waals surface area contributed by atoms with Crippen molar-refractivity contribution in [2.45, 2.75) is 38.4 Å².